The maximum Gasteiger partial charge on any atom is 0.307 e. The van der Waals surface area contributed by atoms with Crippen LogP contribution in [0.15, 0.2) is 30.3 Å². The van der Waals surface area contributed by atoms with E-state index in [0.29, 0.717) is 5.92 Å². The number of benzene rings is 1. The summed E-state index contributed by atoms with van der Waals surface area (Å²) in [5, 5.41) is 8.85. The number of carbonyl (C=O) groups is 1. The van der Waals surface area contributed by atoms with Crippen molar-refractivity contribution in [1.82, 2.24) is 9.97 Å². The van der Waals surface area contributed by atoms with Crippen molar-refractivity contribution < 1.29 is 9.90 Å². The summed E-state index contributed by atoms with van der Waals surface area (Å²) in [4.78, 5) is 20.3. The molecule has 0 unspecified atom stereocenters. The van der Waals surface area contributed by atoms with Crippen molar-refractivity contribution in [2.45, 2.75) is 57.8 Å². The normalized spacial score (nSPS) is 14.9. The van der Waals surface area contributed by atoms with Gasteiger partial charge in [-0.05, 0) is 36.5 Å². The van der Waals surface area contributed by atoms with E-state index < -0.39 is 5.97 Å². The zero-order chi connectivity index (χ0) is 16.9. The molecule has 1 aromatic carbocycles. The number of carboxylic acid groups (broad SMARTS) is 1. The maximum atomic E-state index is 10.8. The van der Waals surface area contributed by atoms with Gasteiger partial charge in [-0.2, -0.15) is 0 Å². The van der Waals surface area contributed by atoms with E-state index >= 15 is 0 Å². The number of carboxylic acids is 1. The van der Waals surface area contributed by atoms with Crippen LogP contribution in [0.3, 0.4) is 0 Å². The van der Waals surface area contributed by atoms with Crippen LogP contribution < -0.4 is 0 Å². The minimum Gasteiger partial charge on any atom is -0.481 e. The Morgan fingerprint density at radius 3 is 2.33 bits per heavy atom. The van der Waals surface area contributed by atoms with Crippen LogP contribution >= 0.6 is 0 Å². The Kier molecular flexibility index (Phi) is 5.24. The topological polar surface area (TPSA) is 63.1 Å². The van der Waals surface area contributed by atoms with Gasteiger partial charge in [0.15, 0.2) is 0 Å². The zero-order valence-corrected chi connectivity index (χ0v) is 14.2. The third-order valence-electron chi connectivity index (χ3n) is 4.70. The predicted octanol–water partition coefficient (Wildman–Crippen LogP) is 3.91. The molecule has 0 saturated heterocycles. The Morgan fingerprint density at radius 1 is 1.08 bits per heavy atom. The minimum absolute atomic E-state index is 0.0690. The lowest BCUT2D eigenvalue weighted by atomic mass is 10.0. The summed E-state index contributed by atoms with van der Waals surface area (Å²) in [6.45, 7) is 2.13. The van der Waals surface area contributed by atoms with Crippen molar-refractivity contribution in [3.63, 3.8) is 0 Å². The second kappa shape index (κ2) is 7.56. The molecular weight excluding hydrogens is 300 g/mol. The predicted molar refractivity (Wildman–Crippen MR) is 93.2 cm³/mol. The van der Waals surface area contributed by atoms with Crippen LogP contribution in [-0.2, 0) is 24.1 Å². The fourth-order valence-electron chi connectivity index (χ4n) is 3.37. The minimum atomic E-state index is -0.799. The summed E-state index contributed by atoms with van der Waals surface area (Å²) in [5.74, 6) is 0.741. The molecule has 0 atom stereocenters. The summed E-state index contributed by atoms with van der Waals surface area (Å²) in [7, 11) is 0. The molecule has 24 heavy (non-hydrogen) atoms. The van der Waals surface area contributed by atoms with Gasteiger partial charge in [-0.25, -0.2) is 9.97 Å². The second-order valence-corrected chi connectivity index (χ2v) is 6.61. The lowest BCUT2D eigenvalue weighted by molar-refractivity contribution is -0.136. The van der Waals surface area contributed by atoms with Crippen LogP contribution in [0, 0.1) is 0 Å². The van der Waals surface area contributed by atoms with Crippen LogP contribution in [0.4, 0.5) is 0 Å². The first-order chi connectivity index (χ1) is 11.6. The van der Waals surface area contributed by atoms with Crippen molar-refractivity contribution >= 4 is 5.97 Å². The average molecular weight is 324 g/mol. The molecule has 0 aliphatic heterocycles. The second-order valence-electron chi connectivity index (χ2n) is 6.61. The van der Waals surface area contributed by atoms with Crippen molar-refractivity contribution in [1.29, 1.82) is 0 Å². The summed E-state index contributed by atoms with van der Waals surface area (Å²) < 4.78 is 0. The Hall–Kier alpha value is -2.23. The van der Waals surface area contributed by atoms with Crippen molar-refractivity contribution in [3.05, 3.63) is 58.7 Å². The lowest BCUT2D eigenvalue weighted by Gasteiger charge is -2.12. The first-order valence-electron chi connectivity index (χ1n) is 8.80. The molecule has 1 aromatic heterocycles. The number of nitrogens with zero attached hydrogens (tertiary/aromatic N) is 2. The number of rotatable bonds is 6. The summed E-state index contributed by atoms with van der Waals surface area (Å²) in [5.41, 5.74) is 4.16. The number of hydrogen-bond donors (Lipinski definition) is 1. The van der Waals surface area contributed by atoms with E-state index in [2.05, 4.69) is 13.0 Å². The Balaban J connectivity index is 1.78. The molecule has 126 valence electrons. The molecule has 0 amide bonds. The highest BCUT2D eigenvalue weighted by Gasteiger charge is 2.20. The highest BCUT2D eigenvalue weighted by molar-refractivity contribution is 5.70. The largest absolute Gasteiger partial charge is 0.481 e. The molecule has 1 heterocycles. The molecule has 0 radical (unpaired) electrons. The van der Waals surface area contributed by atoms with E-state index in [0.717, 1.165) is 41.2 Å². The molecule has 0 spiro atoms. The van der Waals surface area contributed by atoms with Crippen LogP contribution in [0.25, 0.3) is 0 Å². The fourth-order valence-corrected chi connectivity index (χ4v) is 3.37. The van der Waals surface area contributed by atoms with Gasteiger partial charge in [-0.1, -0.05) is 44.0 Å². The van der Waals surface area contributed by atoms with E-state index in [9.17, 15) is 4.79 Å². The number of aromatic nitrogens is 2. The van der Waals surface area contributed by atoms with E-state index in [4.69, 9.17) is 15.1 Å². The van der Waals surface area contributed by atoms with Crippen molar-refractivity contribution in [2.75, 3.05) is 0 Å². The molecule has 4 heteroatoms. The molecule has 2 aromatic rings. The van der Waals surface area contributed by atoms with E-state index in [1.165, 1.54) is 25.7 Å². The Bertz CT molecular complexity index is 704. The number of aryl methyl sites for hydroxylation is 1. The summed E-state index contributed by atoms with van der Waals surface area (Å²) in [6, 6.07) is 9.89. The highest BCUT2D eigenvalue weighted by Crippen LogP contribution is 2.32. The van der Waals surface area contributed by atoms with Gasteiger partial charge in [0.1, 0.15) is 5.82 Å². The molecule has 1 fully saturated rings. The standard InChI is InChI=1S/C20H24N2O2/c1-2-17-13-18(22-20(21-17)16-5-3-4-6-16)11-14-7-9-15(10-8-14)12-19(23)24/h7-10,13,16H,2-6,11-12H2,1H3,(H,23,24). The zero-order valence-electron chi connectivity index (χ0n) is 14.2. The third-order valence-corrected chi connectivity index (χ3v) is 4.70. The Labute approximate surface area is 143 Å². The first kappa shape index (κ1) is 16.6. The quantitative estimate of drug-likeness (QED) is 0.875. The van der Waals surface area contributed by atoms with Gasteiger partial charge < -0.3 is 5.11 Å². The molecule has 3 rings (SSSR count). The highest BCUT2D eigenvalue weighted by atomic mass is 16.4. The first-order valence-corrected chi connectivity index (χ1v) is 8.80. The molecule has 1 saturated carbocycles. The number of hydrogen-bond acceptors (Lipinski definition) is 3. The van der Waals surface area contributed by atoms with Gasteiger partial charge in [0.25, 0.3) is 0 Å². The van der Waals surface area contributed by atoms with Gasteiger partial charge >= 0.3 is 5.97 Å². The molecule has 0 bridgehead atoms. The third kappa shape index (κ3) is 4.19. The van der Waals surface area contributed by atoms with Crippen LogP contribution in [-0.4, -0.2) is 21.0 Å². The number of aliphatic carboxylic acids is 1. The van der Waals surface area contributed by atoms with Gasteiger partial charge in [-0.15, -0.1) is 0 Å². The van der Waals surface area contributed by atoms with E-state index in [-0.39, 0.29) is 6.42 Å². The van der Waals surface area contributed by atoms with Crippen molar-refractivity contribution in [2.24, 2.45) is 0 Å². The molecule has 4 nitrogen and oxygen atoms in total. The SMILES string of the molecule is CCc1cc(Cc2ccc(CC(=O)O)cc2)nc(C2CCCC2)n1. The Morgan fingerprint density at radius 2 is 1.71 bits per heavy atom. The molecular formula is C20H24N2O2. The van der Waals surface area contributed by atoms with E-state index in [1.807, 2.05) is 24.3 Å². The average Bonchev–Trinajstić information content (AvgIpc) is 3.10. The lowest BCUT2D eigenvalue weighted by Crippen LogP contribution is -2.07. The van der Waals surface area contributed by atoms with Gasteiger partial charge in [0.2, 0.25) is 0 Å². The van der Waals surface area contributed by atoms with Crippen molar-refractivity contribution in [3.8, 4) is 0 Å². The van der Waals surface area contributed by atoms with E-state index in [1.54, 1.807) is 0 Å². The van der Waals surface area contributed by atoms with Gasteiger partial charge in [-0.3, -0.25) is 4.79 Å². The smallest absolute Gasteiger partial charge is 0.307 e. The van der Waals surface area contributed by atoms with Crippen LogP contribution in [0.2, 0.25) is 0 Å². The van der Waals surface area contributed by atoms with Crippen LogP contribution in [0.5, 0.6) is 0 Å². The van der Waals surface area contributed by atoms with Gasteiger partial charge in [0, 0.05) is 23.7 Å². The molecule has 1 aliphatic carbocycles. The summed E-state index contributed by atoms with van der Waals surface area (Å²) >= 11 is 0. The summed E-state index contributed by atoms with van der Waals surface area (Å²) in [6.07, 6.45) is 6.73. The van der Waals surface area contributed by atoms with Gasteiger partial charge in [0.05, 0.1) is 6.42 Å². The van der Waals surface area contributed by atoms with Crippen LogP contribution in [0.1, 0.15) is 66.9 Å². The monoisotopic (exact) mass is 324 g/mol. The maximum absolute atomic E-state index is 10.8. The molecule has 1 aliphatic rings. The molecule has 1 N–H and O–H groups in total. The fraction of sp³-hybridized carbons (Fsp3) is 0.450.